The van der Waals surface area contributed by atoms with Crippen molar-refractivity contribution in [3.63, 3.8) is 0 Å². The molecule has 1 saturated heterocycles. The Morgan fingerprint density at radius 2 is 1.92 bits per heavy atom. The monoisotopic (exact) mass is 393 g/mol. The van der Waals surface area contributed by atoms with E-state index >= 15 is 0 Å². The third-order valence-corrected chi connectivity index (χ3v) is 4.35. The van der Waals surface area contributed by atoms with Crippen LogP contribution in [0.5, 0.6) is 0 Å². The normalized spacial score (nSPS) is 20.0. The fourth-order valence-corrected chi connectivity index (χ4v) is 2.88. The molecule has 2 aliphatic rings. The Bertz CT molecular complexity index is 791. The molecule has 0 aliphatic carbocycles. The summed E-state index contributed by atoms with van der Waals surface area (Å²) in [6, 6.07) is 3.35. The lowest BCUT2D eigenvalue weighted by atomic mass is 10.0. The zero-order chi connectivity index (χ0) is 17.4. The van der Waals surface area contributed by atoms with E-state index in [1.54, 1.807) is 0 Å². The van der Waals surface area contributed by atoms with Gasteiger partial charge in [0.15, 0.2) is 0 Å². The van der Waals surface area contributed by atoms with Crippen molar-refractivity contribution in [2.45, 2.75) is 18.9 Å². The Morgan fingerprint density at radius 3 is 2.58 bits per heavy atom. The topological polar surface area (TPSA) is 113 Å². The van der Waals surface area contributed by atoms with E-state index in [0.29, 0.717) is 5.69 Å². The third kappa shape index (κ3) is 2.71. The number of carbonyl (C=O) groups is 5. The molecule has 1 aromatic rings. The highest BCUT2D eigenvalue weighted by atomic mass is 79.9. The molecule has 0 bridgehead atoms. The number of nitrogens with one attached hydrogen (secondary N) is 2. The number of halogens is 1. The van der Waals surface area contributed by atoms with Gasteiger partial charge in [0.1, 0.15) is 6.04 Å². The summed E-state index contributed by atoms with van der Waals surface area (Å²) in [7, 11) is 0. The molecule has 1 unspecified atom stereocenters. The number of nitrogens with zero attached hydrogens (tertiary/aromatic N) is 1. The SMILES string of the molecule is O=C1CCC(N2C(=O)c3ccc(NC(=O)CBr)cc3C2=O)C(=O)N1. The molecule has 0 spiro atoms. The van der Waals surface area contributed by atoms with Crippen molar-refractivity contribution in [1.82, 2.24) is 10.2 Å². The Hall–Kier alpha value is -2.55. The maximum Gasteiger partial charge on any atom is 0.262 e. The smallest absolute Gasteiger partial charge is 0.262 e. The Kier molecular flexibility index (Phi) is 4.18. The van der Waals surface area contributed by atoms with E-state index in [2.05, 4.69) is 26.6 Å². The number of rotatable bonds is 3. The molecule has 2 heterocycles. The van der Waals surface area contributed by atoms with Gasteiger partial charge in [-0.15, -0.1) is 0 Å². The van der Waals surface area contributed by atoms with Gasteiger partial charge in [-0.25, -0.2) is 0 Å². The van der Waals surface area contributed by atoms with Gasteiger partial charge in [0.25, 0.3) is 11.8 Å². The summed E-state index contributed by atoms with van der Waals surface area (Å²) >= 11 is 3.02. The molecular formula is C15H12BrN3O5. The lowest BCUT2D eigenvalue weighted by Crippen LogP contribution is -2.54. The van der Waals surface area contributed by atoms with Crippen molar-refractivity contribution in [2.75, 3.05) is 10.6 Å². The van der Waals surface area contributed by atoms with E-state index in [1.807, 2.05) is 0 Å². The van der Waals surface area contributed by atoms with Crippen molar-refractivity contribution in [2.24, 2.45) is 0 Å². The molecule has 1 fully saturated rings. The molecule has 9 heteroatoms. The molecule has 0 aromatic heterocycles. The van der Waals surface area contributed by atoms with Crippen LogP contribution >= 0.6 is 15.9 Å². The van der Waals surface area contributed by atoms with Crippen molar-refractivity contribution in [1.29, 1.82) is 0 Å². The summed E-state index contributed by atoms with van der Waals surface area (Å²) in [5.74, 6) is -2.57. The number of hydrogen-bond acceptors (Lipinski definition) is 5. The predicted octanol–water partition coefficient (Wildman–Crippen LogP) is 0.421. The Morgan fingerprint density at radius 1 is 1.21 bits per heavy atom. The highest BCUT2D eigenvalue weighted by Crippen LogP contribution is 2.29. The molecule has 8 nitrogen and oxygen atoms in total. The molecule has 124 valence electrons. The zero-order valence-corrected chi connectivity index (χ0v) is 13.9. The number of carbonyl (C=O) groups excluding carboxylic acids is 5. The molecule has 1 aromatic carbocycles. The standard InChI is InChI=1S/C15H12BrN3O5/c16-6-12(21)17-7-1-2-8-9(5-7)15(24)19(14(8)23)10-3-4-11(20)18-13(10)22/h1-2,5,10H,3-4,6H2,(H,17,21)(H,18,20,22). The van der Waals surface area contributed by atoms with Crippen LogP contribution in [0.2, 0.25) is 0 Å². The first kappa shape index (κ1) is 16.3. The number of benzene rings is 1. The average molecular weight is 394 g/mol. The highest BCUT2D eigenvalue weighted by molar-refractivity contribution is 9.09. The van der Waals surface area contributed by atoms with E-state index < -0.39 is 29.7 Å². The third-order valence-electron chi connectivity index (χ3n) is 3.84. The van der Waals surface area contributed by atoms with E-state index in [4.69, 9.17) is 0 Å². The van der Waals surface area contributed by atoms with Gasteiger partial charge in [-0.3, -0.25) is 34.2 Å². The fraction of sp³-hybridized carbons (Fsp3) is 0.267. The van der Waals surface area contributed by atoms with Crippen molar-refractivity contribution in [3.05, 3.63) is 29.3 Å². The predicted molar refractivity (Wildman–Crippen MR) is 85.5 cm³/mol. The minimum Gasteiger partial charge on any atom is -0.325 e. The van der Waals surface area contributed by atoms with Crippen molar-refractivity contribution < 1.29 is 24.0 Å². The summed E-state index contributed by atoms with van der Waals surface area (Å²) in [5.41, 5.74) is 0.670. The van der Waals surface area contributed by atoms with Gasteiger partial charge >= 0.3 is 0 Å². The largest absolute Gasteiger partial charge is 0.325 e. The van der Waals surface area contributed by atoms with Gasteiger partial charge in [0.05, 0.1) is 16.5 Å². The number of imide groups is 2. The second-order valence-electron chi connectivity index (χ2n) is 5.39. The van der Waals surface area contributed by atoms with Crippen LogP contribution in [0.25, 0.3) is 0 Å². The van der Waals surface area contributed by atoms with Gasteiger partial charge in [-0.05, 0) is 24.6 Å². The molecule has 0 radical (unpaired) electrons. The first-order valence-electron chi connectivity index (χ1n) is 7.14. The van der Waals surface area contributed by atoms with E-state index in [1.165, 1.54) is 18.2 Å². The van der Waals surface area contributed by atoms with Crippen LogP contribution in [0.1, 0.15) is 33.6 Å². The molecule has 2 aliphatic heterocycles. The maximum absolute atomic E-state index is 12.6. The van der Waals surface area contributed by atoms with E-state index in [9.17, 15) is 24.0 Å². The summed E-state index contributed by atoms with van der Waals surface area (Å²) in [6.07, 6.45) is 0.166. The lowest BCUT2D eigenvalue weighted by Gasteiger charge is -2.27. The van der Waals surface area contributed by atoms with Crippen LogP contribution < -0.4 is 10.6 Å². The summed E-state index contributed by atoms with van der Waals surface area (Å²) in [5, 5.41) is 4.80. The first-order valence-corrected chi connectivity index (χ1v) is 8.26. The minimum absolute atomic E-state index is 0.0658. The maximum atomic E-state index is 12.6. The van der Waals surface area contributed by atoms with Crippen LogP contribution in [0.3, 0.4) is 0 Å². The number of piperidine rings is 1. The fourth-order valence-electron chi connectivity index (χ4n) is 2.74. The van der Waals surface area contributed by atoms with Gasteiger partial charge in [0, 0.05) is 12.1 Å². The van der Waals surface area contributed by atoms with Crippen LogP contribution in [0.15, 0.2) is 18.2 Å². The van der Waals surface area contributed by atoms with Gasteiger partial charge in [-0.2, -0.15) is 0 Å². The summed E-state index contributed by atoms with van der Waals surface area (Å²) < 4.78 is 0. The summed E-state index contributed by atoms with van der Waals surface area (Å²) in [4.78, 5) is 60.5. The zero-order valence-electron chi connectivity index (χ0n) is 12.3. The second-order valence-corrected chi connectivity index (χ2v) is 5.95. The molecule has 0 saturated carbocycles. The summed E-state index contributed by atoms with van der Waals surface area (Å²) in [6.45, 7) is 0. The van der Waals surface area contributed by atoms with E-state index in [0.717, 1.165) is 4.90 Å². The molecule has 5 amide bonds. The van der Waals surface area contributed by atoms with Gasteiger partial charge in [0.2, 0.25) is 17.7 Å². The Labute approximate surface area is 144 Å². The number of anilines is 1. The van der Waals surface area contributed by atoms with Crippen molar-refractivity contribution in [3.8, 4) is 0 Å². The van der Waals surface area contributed by atoms with Crippen LogP contribution in [-0.4, -0.2) is 45.8 Å². The number of alkyl halides is 1. The first-order chi connectivity index (χ1) is 11.4. The second kappa shape index (κ2) is 6.16. The van der Waals surface area contributed by atoms with Gasteiger partial charge < -0.3 is 5.32 Å². The molecule has 24 heavy (non-hydrogen) atoms. The van der Waals surface area contributed by atoms with Gasteiger partial charge in [-0.1, -0.05) is 15.9 Å². The van der Waals surface area contributed by atoms with Crippen molar-refractivity contribution >= 4 is 51.2 Å². The number of hydrogen-bond donors (Lipinski definition) is 2. The number of fused-ring (bicyclic) bond motifs is 1. The molecule has 2 N–H and O–H groups in total. The molecule has 3 rings (SSSR count). The Balaban J connectivity index is 1.89. The minimum atomic E-state index is -1.00. The van der Waals surface area contributed by atoms with E-state index in [-0.39, 0.29) is 35.2 Å². The van der Waals surface area contributed by atoms with Crippen LogP contribution in [0, 0.1) is 0 Å². The number of amides is 5. The lowest BCUT2D eigenvalue weighted by molar-refractivity contribution is -0.136. The average Bonchev–Trinajstić information content (AvgIpc) is 2.79. The quantitative estimate of drug-likeness (QED) is 0.570. The molecular weight excluding hydrogens is 382 g/mol. The van der Waals surface area contributed by atoms with Crippen LogP contribution in [-0.2, 0) is 14.4 Å². The van der Waals surface area contributed by atoms with Crippen LogP contribution in [0.4, 0.5) is 5.69 Å². The molecule has 1 atom stereocenters. The highest BCUT2D eigenvalue weighted by Gasteiger charge is 2.44.